The minimum absolute atomic E-state index is 0.116. The fourth-order valence-corrected chi connectivity index (χ4v) is 2.53. The van der Waals surface area contributed by atoms with E-state index in [1.807, 2.05) is 0 Å². The van der Waals surface area contributed by atoms with Gasteiger partial charge < -0.3 is 16.2 Å². The molecule has 2 atom stereocenters. The van der Waals surface area contributed by atoms with Crippen LogP contribution in [0.25, 0.3) is 0 Å². The van der Waals surface area contributed by atoms with E-state index < -0.39 is 44.6 Å². The lowest BCUT2D eigenvalue weighted by Gasteiger charge is -2.28. The molecule has 0 unspecified atom stereocenters. The minimum Gasteiger partial charge on any atom is -0.480 e. The molecule has 0 saturated carbocycles. The van der Waals surface area contributed by atoms with Crippen molar-refractivity contribution in [3.63, 3.8) is 0 Å². The second-order valence-electron chi connectivity index (χ2n) is 6.32. The van der Waals surface area contributed by atoms with Crippen LogP contribution in [0.2, 0.25) is 0 Å². The molecular weight excluding hydrogens is 348 g/mol. The van der Waals surface area contributed by atoms with Crippen LogP contribution in [0.1, 0.15) is 27.2 Å². The number of nitro benzene ring substituents is 2. The van der Waals surface area contributed by atoms with Gasteiger partial charge in [-0.1, -0.05) is 13.8 Å². The first kappa shape index (κ1) is 21.0. The maximum absolute atomic E-state index is 12.6. The highest BCUT2D eigenvalue weighted by Gasteiger charge is 2.44. The van der Waals surface area contributed by atoms with E-state index in [4.69, 9.17) is 5.73 Å². The summed E-state index contributed by atoms with van der Waals surface area (Å²) in [5.41, 5.74) is 2.38. The predicted octanol–water partition coefficient (Wildman–Crippen LogP) is 1.70. The lowest BCUT2D eigenvalue weighted by atomic mass is 9.83. The molecule has 0 heterocycles. The molecular formula is C15H20N4O7. The standard InChI is InChI=1S/C15H20N4O7/c1-8(2)7-15(16,14(21)22)13(20)9(3)17-11-5-4-10(18(23)24)6-12(11)19(25)26/h4-6,8-9,17H,7,16H2,1-3H3,(H,21,22)/t9-,15+/m0/s1. The fraction of sp³-hybridized carbons (Fsp3) is 0.467. The normalized spacial score (nSPS) is 14.3. The topological polar surface area (TPSA) is 179 Å². The van der Waals surface area contributed by atoms with E-state index in [0.29, 0.717) is 0 Å². The number of nitro groups is 2. The molecule has 0 aromatic heterocycles. The number of nitrogens with one attached hydrogen (secondary N) is 1. The van der Waals surface area contributed by atoms with Gasteiger partial charge in [0.25, 0.3) is 11.4 Å². The summed E-state index contributed by atoms with van der Waals surface area (Å²) in [6, 6.07) is 1.70. The number of anilines is 1. The molecule has 1 aromatic carbocycles. The maximum atomic E-state index is 12.6. The minimum atomic E-state index is -2.16. The van der Waals surface area contributed by atoms with E-state index in [1.54, 1.807) is 13.8 Å². The number of rotatable bonds is 9. The highest BCUT2D eigenvalue weighted by atomic mass is 16.6. The first-order chi connectivity index (χ1) is 11.9. The zero-order chi connectivity index (χ0) is 20.2. The summed E-state index contributed by atoms with van der Waals surface area (Å²) in [4.78, 5) is 44.3. The van der Waals surface area contributed by atoms with Gasteiger partial charge >= 0.3 is 5.97 Å². The Labute approximate surface area is 148 Å². The summed E-state index contributed by atoms with van der Waals surface area (Å²) in [5.74, 6) is -2.53. The average Bonchev–Trinajstić information content (AvgIpc) is 2.52. The number of non-ortho nitro benzene ring substituents is 1. The van der Waals surface area contributed by atoms with Crippen LogP contribution in [0.3, 0.4) is 0 Å². The van der Waals surface area contributed by atoms with E-state index in [0.717, 1.165) is 18.2 Å². The number of hydrogen-bond acceptors (Lipinski definition) is 8. The van der Waals surface area contributed by atoms with Crippen molar-refractivity contribution in [1.82, 2.24) is 0 Å². The molecule has 0 amide bonds. The van der Waals surface area contributed by atoms with Crippen LogP contribution in [0.5, 0.6) is 0 Å². The van der Waals surface area contributed by atoms with Crippen molar-refractivity contribution in [2.45, 2.75) is 38.8 Å². The molecule has 0 fully saturated rings. The van der Waals surface area contributed by atoms with Crippen molar-refractivity contribution >= 4 is 28.8 Å². The second-order valence-corrected chi connectivity index (χ2v) is 6.32. The van der Waals surface area contributed by atoms with Gasteiger partial charge in [-0.25, -0.2) is 4.79 Å². The Morgan fingerprint density at radius 3 is 2.23 bits per heavy atom. The van der Waals surface area contributed by atoms with Gasteiger partial charge in [0.1, 0.15) is 5.69 Å². The van der Waals surface area contributed by atoms with E-state index >= 15 is 0 Å². The molecule has 0 aliphatic carbocycles. The predicted molar refractivity (Wildman–Crippen MR) is 91.9 cm³/mol. The van der Waals surface area contributed by atoms with Crippen LogP contribution >= 0.6 is 0 Å². The van der Waals surface area contributed by atoms with Crippen LogP contribution < -0.4 is 11.1 Å². The fourth-order valence-electron chi connectivity index (χ4n) is 2.53. The second kappa shape index (κ2) is 7.87. The molecule has 1 aromatic rings. The molecule has 26 heavy (non-hydrogen) atoms. The molecule has 1 rings (SSSR count). The van der Waals surface area contributed by atoms with E-state index in [2.05, 4.69) is 5.32 Å². The Hall–Kier alpha value is -3.08. The number of nitrogens with zero attached hydrogens (tertiary/aromatic N) is 2. The van der Waals surface area contributed by atoms with Gasteiger partial charge in [-0.3, -0.25) is 25.0 Å². The molecule has 0 spiro atoms. The smallest absolute Gasteiger partial charge is 0.331 e. The zero-order valence-corrected chi connectivity index (χ0v) is 14.5. The van der Waals surface area contributed by atoms with Crippen molar-refractivity contribution < 1.29 is 24.5 Å². The molecule has 0 aliphatic heterocycles. The number of Topliss-reactive ketones (excluding diaryl/α,β-unsaturated/α-hetero) is 1. The Morgan fingerprint density at radius 2 is 1.81 bits per heavy atom. The molecule has 4 N–H and O–H groups in total. The Balaban J connectivity index is 3.18. The van der Waals surface area contributed by atoms with Gasteiger partial charge in [-0.05, 0) is 25.3 Å². The van der Waals surface area contributed by atoms with Crippen molar-refractivity contribution in [2.75, 3.05) is 5.32 Å². The van der Waals surface area contributed by atoms with Crippen LogP contribution in [0.4, 0.5) is 17.1 Å². The Kier molecular flexibility index (Phi) is 6.34. The molecule has 0 bridgehead atoms. The summed E-state index contributed by atoms with van der Waals surface area (Å²) >= 11 is 0. The van der Waals surface area contributed by atoms with Gasteiger partial charge in [-0.15, -0.1) is 0 Å². The van der Waals surface area contributed by atoms with Crippen LogP contribution in [-0.2, 0) is 9.59 Å². The third-order valence-corrected chi connectivity index (χ3v) is 3.71. The number of carbonyl (C=O) groups excluding carboxylic acids is 1. The number of carbonyl (C=O) groups is 2. The van der Waals surface area contributed by atoms with E-state index in [9.17, 15) is 34.9 Å². The highest BCUT2D eigenvalue weighted by Crippen LogP contribution is 2.30. The molecule has 0 aliphatic rings. The first-order valence-corrected chi connectivity index (χ1v) is 7.66. The monoisotopic (exact) mass is 368 g/mol. The number of carboxylic acids is 1. The molecule has 142 valence electrons. The largest absolute Gasteiger partial charge is 0.480 e. The van der Waals surface area contributed by atoms with E-state index in [-0.39, 0.29) is 18.0 Å². The van der Waals surface area contributed by atoms with Crippen molar-refractivity contribution in [3.8, 4) is 0 Å². The van der Waals surface area contributed by atoms with Gasteiger partial charge in [0.05, 0.1) is 22.0 Å². The third kappa shape index (κ3) is 4.51. The highest BCUT2D eigenvalue weighted by molar-refractivity contribution is 6.10. The molecule has 0 radical (unpaired) electrons. The summed E-state index contributed by atoms with van der Waals surface area (Å²) in [6.45, 7) is 4.73. The Morgan fingerprint density at radius 1 is 1.23 bits per heavy atom. The summed E-state index contributed by atoms with van der Waals surface area (Å²) in [5, 5.41) is 33.8. The number of hydrogen-bond donors (Lipinski definition) is 3. The molecule has 0 saturated heterocycles. The SMILES string of the molecule is CC(C)C[C@](N)(C(=O)O)C(=O)[C@H](C)Nc1ccc([N+](=O)[O-])cc1[N+](=O)[O-]. The summed E-state index contributed by atoms with van der Waals surface area (Å²) < 4.78 is 0. The zero-order valence-electron chi connectivity index (χ0n) is 14.5. The van der Waals surface area contributed by atoms with Gasteiger partial charge in [-0.2, -0.15) is 0 Å². The lowest BCUT2D eigenvalue weighted by molar-refractivity contribution is -0.393. The number of ketones is 1. The van der Waals surface area contributed by atoms with Crippen LogP contribution in [-0.4, -0.2) is 38.3 Å². The Bertz CT molecular complexity index is 750. The quantitative estimate of drug-likeness (QED) is 0.332. The number of nitrogens with two attached hydrogens (primary N) is 1. The molecule has 11 heteroatoms. The summed E-state index contributed by atoms with van der Waals surface area (Å²) in [7, 11) is 0. The van der Waals surface area contributed by atoms with Gasteiger partial charge in [0.15, 0.2) is 11.3 Å². The van der Waals surface area contributed by atoms with Crippen molar-refractivity contribution in [3.05, 3.63) is 38.4 Å². The van der Waals surface area contributed by atoms with Gasteiger partial charge in [0, 0.05) is 6.07 Å². The van der Waals surface area contributed by atoms with Crippen molar-refractivity contribution in [1.29, 1.82) is 0 Å². The van der Waals surface area contributed by atoms with E-state index in [1.165, 1.54) is 6.92 Å². The summed E-state index contributed by atoms with van der Waals surface area (Å²) in [6.07, 6.45) is -0.116. The number of benzene rings is 1. The van der Waals surface area contributed by atoms with Crippen LogP contribution in [0, 0.1) is 26.1 Å². The lowest BCUT2D eigenvalue weighted by Crippen LogP contribution is -2.59. The van der Waals surface area contributed by atoms with Gasteiger partial charge in [0.2, 0.25) is 0 Å². The first-order valence-electron chi connectivity index (χ1n) is 7.66. The maximum Gasteiger partial charge on any atom is 0.331 e. The number of aliphatic carboxylic acids is 1. The van der Waals surface area contributed by atoms with Crippen LogP contribution in [0.15, 0.2) is 18.2 Å². The molecule has 11 nitrogen and oxygen atoms in total. The third-order valence-electron chi connectivity index (χ3n) is 3.71. The average molecular weight is 368 g/mol. The van der Waals surface area contributed by atoms with Crippen molar-refractivity contribution in [2.24, 2.45) is 11.7 Å². The number of carboxylic acid groups (broad SMARTS) is 1.